The fraction of sp³-hybridized carbons (Fsp3) is 0. The Morgan fingerprint density at radius 1 is 1.12 bits per heavy atom. The van der Waals surface area contributed by atoms with Gasteiger partial charge in [0.15, 0.2) is 0 Å². The summed E-state index contributed by atoms with van der Waals surface area (Å²) >= 11 is 0. The molecule has 0 aromatic heterocycles. The van der Waals surface area contributed by atoms with Gasteiger partial charge in [-0.05, 0) is 6.07 Å². The second-order valence-electron chi connectivity index (χ2n) is 2.50. The summed E-state index contributed by atoms with van der Waals surface area (Å²) in [5.74, 6) is -1.75. The molecule has 86 valence electrons. The van der Waals surface area contributed by atoms with Crippen molar-refractivity contribution in [2.24, 2.45) is 0 Å². The summed E-state index contributed by atoms with van der Waals surface area (Å²) < 4.78 is 0. The zero-order valence-electron chi connectivity index (χ0n) is 8.08. The number of carboxylic acid groups (broad SMARTS) is 1. The van der Waals surface area contributed by atoms with Crippen molar-refractivity contribution in [3.63, 3.8) is 0 Å². The Labute approximate surface area is 88.2 Å². The molecule has 9 nitrogen and oxygen atoms in total. The lowest BCUT2D eigenvalue weighted by molar-refractivity contribution is -0.394. The van der Waals surface area contributed by atoms with Gasteiger partial charge >= 0.3 is 0 Å². The molecule has 9 heteroatoms. The average Bonchev–Trinajstić information content (AvgIpc) is 2.16. The maximum absolute atomic E-state index is 10.4. The van der Waals surface area contributed by atoms with E-state index in [2.05, 4.69) is 0 Å². The van der Waals surface area contributed by atoms with Crippen molar-refractivity contribution in [1.29, 1.82) is 0 Å². The molecule has 4 N–H and O–H groups in total. The number of carboxylic acids is 1. The van der Waals surface area contributed by atoms with Crippen molar-refractivity contribution in [3.8, 4) is 0 Å². The van der Waals surface area contributed by atoms with Gasteiger partial charge in [0.25, 0.3) is 11.4 Å². The van der Waals surface area contributed by atoms with E-state index in [0.29, 0.717) is 6.07 Å². The molecular formula is C7H7N3O6. The molecular weight excluding hydrogens is 222 g/mol. The van der Waals surface area contributed by atoms with Crippen LogP contribution in [0.2, 0.25) is 0 Å². The minimum absolute atomic E-state index is 0. The Bertz CT molecular complexity index is 457. The third kappa shape index (κ3) is 2.48. The van der Waals surface area contributed by atoms with Gasteiger partial charge in [-0.25, -0.2) is 0 Å². The first-order chi connectivity index (χ1) is 6.93. The topological polar surface area (TPSA) is 163 Å². The number of quaternary nitrogens is 1. The van der Waals surface area contributed by atoms with E-state index in [9.17, 15) is 30.1 Å². The van der Waals surface area contributed by atoms with Crippen LogP contribution in [0.5, 0.6) is 0 Å². The molecule has 0 saturated carbocycles. The maximum atomic E-state index is 10.4. The molecule has 0 unspecified atom stereocenters. The summed E-state index contributed by atoms with van der Waals surface area (Å²) in [6, 6.07) is 2.20. The molecule has 0 aliphatic carbocycles. The van der Waals surface area contributed by atoms with E-state index >= 15 is 0 Å². The van der Waals surface area contributed by atoms with Gasteiger partial charge in [-0.15, -0.1) is 0 Å². The third-order valence-electron chi connectivity index (χ3n) is 1.61. The molecule has 0 spiro atoms. The molecule has 0 atom stereocenters. The Morgan fingerprint density at radius 2 is 1.69 bits per heavy atom. The lowest BCUT2D eigenvalue weighted by Gasteiger charge is -2.02. The molecule has 0 heterocycles. The van der Waals surface area contributed by atoms with Crippen LogP contribution in [-0.2, 0) is 0 Å². The van der Waals surface area contributed by atoms with Crippen LogP contribution < -0.4 is 11.3 Å². The van der Waals surface area contributed by atoms with Gasteiger partial charge in [-0.3, -0.25) is 20.2 Å². The van der Waals surface area contributed by atoms with Crippen molar-refractivity contribution < 1.29 is 19.7 Å². The summed E-state index contributed by atoms with van der Waals surface area (Å²) in [5.41, 5.74) is -2.10. The van der Waals surface area contributed by atoms with Crippen LogP contribution >= 0.6 is 0 Å². The third-order valence-corrected chi connectivity index (χ3v) is 1.61. The molecule has 1 aromatic rings. The molecule has 0 radical (unpaired) electrons. The van der Waals surface area contributed by atoms with Gasteiger partial charge < -0.3 is 16.1 Å². The Morgan fingerprint density at radius 3 is 2.06 bits per heavy atom. The number of nitrogens with zero attached hydrogens (tertiary/aromatic N) is 2. The molecule has 0 aliphatic rings. The van der Waals surface area contributed by atoms with Gasteiger partial charge in [0.2, 0.25) is 0 Å². The average molecular weight is 229 g/mol. The van der Waals surface area contributed by atoms with Crippen LogP contribution in [-0.4, -0.2) is 15.8 Å². The smallest absolute Gasteiger partial charge is 0.285 e. The molecule has 0 fully saturated rings. The minimum atomic E-state index is -1.75. The van der Waals surface area contributed by atoms with Crippen LogP contribution in [0.3, 0.4) is 0 Å². The largest absolute Gasteiger partial charge is 0.545 e. The summed E-state index contributed by atoms with van der Waals surface area (Å²) in [7, 11) is 0. The Hall–Kier alpha value is -2.55. The van der Waals surface area contributed by atoms with Gasteiger partial charge in [0.1, 0.15) is 0 Å². The summed E-state index contributed by atoms with van der Waals surface area (Å²) in [4.78, 5) is 29.2. The molecule has 0 bridgehead atoms. The van der Waals surface area contributed by atoms with Crippen molar-refractivity contribution in [3.05, 3.63) is 44.0 Å². The van der Waals surface area contributed by atoms with Crippen LogP contribution in [0.25, 0.3) is 0 Å². The molecule has 1 rings (SSSR count). The predicted molar refractivity (Wildman–Crippen MR) is 50.1 cm³/mol. The fourth-order valence-corrected chi connectivity index (χ4v) is 0.957. The van der Waals surface area contributed by atoms with Crippen LogP contribution in [0, 0.1) is 20.2 Å². The number of aromatic carboxylic acids is 1. The van der Waals surface area contributed by atoms with Gasteiger partial charge in [0.05, 0.1) is 27.4 Å². The molecule has 16 heavy (non-hydrogen) atoms. The van der Waals surface area contributed by atoms with Crippen molar-refractivity contribution in [2.45, 2.75) is 0 Å². The highest BCUT2D eigenvalue weighted by atomic mass is 16.6. The normalized spacial score (nSPS) is 9.00. The first kappa shape index (κ1) is 13.4. The monoisotopic (exact) mass is 229 g/mol. The number of nitro groups is 2. The highest BCUT2D eigenvalue weighted by molar-refractivity contribution is 5.91. The summed E-state index contributed by atoms with van der Waals surface area (Å²) in [5, 5.41) is 31.1. The van der Waals surface area contributed by atoms with E-state index in [1.165, 1.54) is 0 Å². The van der Waals surface area contributed by atoms with Crippen molar-refractivity contribution in [1.82, 2.24) is 6.15 Å². The number of benzene rings is 1. The Kier molecular flexibility index (Phi) is 4.03. The van der Waals surface area contributed by atoms with Gasteiger partial charge in [-0.1, -0.05) is 0 Å². The number of rotatable bonds is 3. The SMILES string of the molecule is O=C([O-])c1ccc([N+](=O)[O-])cc1[N+](=O)[O-].[NH4+]. The fourth-order valence-electron chi connectivity index (χ4n) is 0.957. The molecule has 0 saturated heterocycles. The first-order valence-corrected chi connectivity index (χ1v) is 3.57. The van der Waals surface area contributed by atoms with Crippen LogP contribution in [0.4, 0.5) is 11.4 Å². The highest BCUT2D eigenvalue weighted by Crippen LogP contribution is 2.23. The zero-order valence-corrected chi connectivity index (χ0v) is 8.08. The minimum Gasteiger partial charge on any atom is -0.545 e. The van der Waals surface area contributed by atoms with Gasteiger partial charge in [0, 0.05) is 6.07 Å². The number of hydrogen-bond acceptors (Lipinski definition) is 6. The van der Waals surface area contributed by atoms with E-state index in [1.807, 2.05) is 0 Å². The van der Waals surface area contributed by atoms with E-state index < -0.39 is 32.8 Å². The molecule has 0 amide bonds. The number of nitro benzene ring substituents is 2. The molecule has 0 aliphatic heterocycles. The van der Waals surface area contributed by atoms with E-state index in [4.69, 9.17) is 0 Å². The highest BCUT2D eigenvalue weighted by Gasteiger charge is 2.19. The van der Waals surface area contributed by atoms with Crippen molar-refractivity contribution >= 4 is 17.3 Å². The Balaban J connectivity index is 0.00000225. The quantitative estimate of drug-likeness (QED) is 0.576. The van der Waals surface area contributed by atoms with E-state index in [-0.39, 0.29) is 6.15 Å². The predicted octanol–water partition coefficient (Wildman–Crippen LogP) is 0.243. The molecule has 1 aromatic carbocycles. The van der Waals surface area contributed by atoms with Crippen LogP contribution in [0.1, 0.15) is 10.4 Å². The van der Waals surface area contributed by atoms with E-state index in [1.54, 1.807) is 0 Å². The van der Waals surface area contributed by atoms with Crippen molar-refractivity contribution in [2.75, 3.05) is 0 Å². The first-order valence-electron chi connectivity index (χ1n) is 3.57. The number of hydrogen-bond donors (Lipinski definition) is 1. The zero-order chi connectivity index (χ0) is 11.6. The maximum Gasteiger partial charge on any atom is 0.285 e. The number of carbonyl (C=O) groups is 1. The van der Waals surface area contributed by atoms with Crippen LogP contribution in [0.15, 0.2) is 18.2 Å². The van der Waals surface area contributed by atoms with E-state index in [0.717, 1.165) is 12.1 Å². The van der Waals surface area contributed by atoms with Gasteiger partial charge in [-0.2, -0.15) is 0 Å². The number of non-ortho nitro benzene ring substituents is 1. The number of carbonyl (C=O) groups excluding carboxylic acids is 1. The summed E-state index contributed by atoms with van der Waals surface area (Å²) in [6.45, 7) is 0. The second kappa shape index (κ2) is 4.79. The standard InChI is InChI=1S/C7H4N2O6.H3N/c10-7(11)5-2-1-4(8(12)13)3-6(5)9(14)15;/h1-3H,(H,10,11);1H3. The lowest BCUT2D eigenvalue weighted by Crippen LogP contribution is -2.23. The lowest BCUT2D eigenvalue weighted by atomic mass is 10.1. The second-order valence-corrected chi connectivity index (χ2v) is 2.50. The summed E-state index contributed by atoms with van der Waals surface area (Å²) in [6.07, 6.45) is 0.